The van der Waals surface area contributed by atoms with Gasteiger partial charge in [0.25, 0.3) is 0 Å². The van der Waals surface area contributed by atoms with Crippen molar-refractivity contribution in [3.63, 3.8) is 0 Å². The average molecular weight is 369 g/mol. The molecule has 2 heteroatoms. The molecule has 0 aromatic rings. The van der Waals surface area contributed by atoms with Gasteiger partial charge in [0.05, 0.1) is 0 Å². The quantitative estimate of drug-likeness (QED) is 0.206. The summed E-state index contributed by atoms with van der Waals surface area (Å²) < 4.78 is 0. The topological polar surface area (TPSA) is 37.3 Å². The van der Waals surface area contributed by atoms with E-state index in [4.69, 9.17) is 5.11 Å². The van der Waals surface area contributed by atoms with E-state index < -0.39 is 5.97 Å². The number of unbranched alkanes of at least 4 members (excludes halogenated alkanes) is 16. The summed E-state index contributed by atoms with van der Waals surface area (Å²) >= 11 is 0. The van der Waals surface area contributed by atoms with Crippen molar-refractivity contribution in [2.75, 3.05) is 0 Å². The van der Waals surface area contributed by atoms with Crippen molar-refractivity contribution in [3.05, 3.63) is 0 Å². The molecule has 0 saturated heterocycles. The highest BCUT2D eigenvalue weighted by atomic mass is 16.4. The molecule has 156 valence electrons. The highest BCUT2D eigenvalue weighted by Crippen LogP contribution is 2.16. The SMILES string of the molecule is CC[C@@H](C)CCCCCCCCCCCCCCCCCCCC(=O)O. The molecule has 0 heterocycles. The van der Waals surface area contributed by atoms with E-state index in [1.165, 1.54) is 109 Å². The van der Waals surface area contributed by atoms with Gasteiger partial charge in [0.1, 0.15) is 0 Å². The van der Waals surface area contributed by atoms with Crippen LogP contribution in [0.4, 0.5) is 0 Å². The summed E-state index contributed by atoms with van der Waals surface area (Å²) in [6.45, 7) is 4.68. The van der Waals surface area contributed by atoms with Crippen molar-refractivity contribution in [1.82, 2.24) is 0 Å². The molecule has 0 saturated carbocycles. The Morgan fingerprint density at radius 3 is 1.23 bits per heavy atom. The first-order valence-corrected chi connectivity index (χ1v) is 11.9. The van der Waals surface area contributed by atoms with Gasteiger partial charge in [0.15, 0.2) is 0 Å². The van der Waals surface area contributed by atoms with Crippen LogP contribution in [0.3, 0.4) is 0 Å². The lowest BCUT2D eigenvalue weighted by atomic mass is 9.99. The highest BCUT2D eigenvalue weighted by molar-refractivity contribution is 5.66. The number of aliphatic carboxylic acids is 1. The first-order chi connectivity index (χ1) is 12.7. The number of carboxylic acids is 1. The van der Waals surface area contributed by atoms with E-state index in [2.05, 4.69) is 13.8 Å². The summed E-state index contributed by atoms with van der Waals surface area (Å²) in [5.41, 5.74) is 0. The molecular formula is C24H48O2. The van der Waals surface area contributed by atoms with Gasteiger partial charge in [-0.25, -0.2) is 0 Å². The predicted octanol–water partition coefficient (Wildman–Crippen LogP) is 8.53. The second-order valence-electron chi connectivity index (χ2n) is 8.46. The molecule has 1 atom stereocenters. The zero-order chi connectivity index (χ0) is 19.3. The molecule has 0 aromatic heterocycles. The molecule has 0 bridgehead atoms. The second kappa shape index (κ2) is 20.8. The Bertz CT molecular complexity index is 288. The number of hydrogen-bond acceptors (Lipinski definition) is 1. The summed E-state index contributed by atoms with van der Waals surface area (Å²) in [4.78, 5) is 10.4. The zero-order valence-electron chi connectivity index (χ0n) is 18.1. The van der Waals surface area contributed by atoms with Gasteiger partial charge in [0.2, 0.25) is 0 Å². The Balaban J connectivity index is 3.02. The average Bonchev–Trinajstić information content (AvgIpc) is 2.63. The summed E-state index contributed by atoms with van der Waals surface area (Å²) in [5.74, 6) is 0.279. The van der Waals surface area contributed by atoms with E-state index >= 15 is 0 Å². The minimum Gasteiger partial charge on any atom is -0.481 e. The van der Waals surface area contributed by atoms with Crippen LogP contribution in [0.5, 0.6) is 0 Å². The number of rotatable bonds is 21. The normalized spacial score (nSPS) is 12.4. The van der Waals surface area contributed by atoms with Gasteiger partial charge in [-0.1, -0.05) is 129 Å². The number of carbonyl (C=O) groups is 1. The van der Waals surface area contributed by atoms with Gasteiger partial charge < -0.3 is 5.11 Å². The van der Waals surface area contributed by atoms with Crippen LogP contribution in [0.25, 0.3) is 0 Å². The van der Waals surface area contributed by atoms with Crippen molar-refractivity contribution >= 4 is 5.97 Å². The minimum atomic E-state index is -0.651. The molecule has 2 nitrogen and oxygen atoms in total. The van der Waals surface area contributed by atoms with Crippen molar-refractivity contribution in [2.45, 2.75) is 142 Å². The predicted molar refractivity (Wildman–Crippen MR) is 115 cm³/mol. The molecule has 0 unspecified atom stereocenters. The largest absolute Gasteiger partial charge is 0.481 e. The van der Waals surface area contributed by atoms with Gasteiger partial charge in [-0.2, -0.15) is 0 Å². The van der Waals surface area contributed by atoms with Crippen LogP contribution < -0.4 is 0 Å². The summed E-state index contributed by atoms with van der Waals surface area (Å²) in [6.07, 6.45) is 26.1. The van der Waals surface area contributed by atoms with Crippen molar-refractivity contribution in [2.24, 2.45) is 5.92 Å². The molecule has 0 aliphatic heterocycles. The summed E-state index contributed by atoms with van der Waals surface area (Å²) in [7, 11) is 0. The minimum absolute atomic E-state index is 0.345. The molecule has 1 N–H and O–H groups in total. The third-order valence-electron chi connectivity index (χ3n) is 5.78. The van der Waals surface area contributed by atoms with E-state index in [9.17, 15) is 4.79 Å². The molecule has 0 aliphatic rings. The first-order valence-electron chi connectivity index (χ1n) is 11.9. The molecule has 0 aliphatic carbocycles. The Morgan fingerprint density at radius 2 is 0.923 bits per heavy atom. The molecular weight excluding hydrogens is 320 g/mol. The Hall–Kier alpha value is -0.530. The van der Waals surface area contributed by atoms with Gasteiger partial charge >= 0.3 is 5.97 Å². The fraction of sp³-hybridized carbons (Fsp3) is 0.958. The molecule has 0 fully saturated rings. The number of hydrogen-bond donors (Lipinski definition) is 1. The van der Waals surface area contributed by atoms with Crippen LogP contribution in [0.2, 0.25) is 0 Å². The van der Waals surface area contributed by atoms with E-state index in [1.54, 1.807) is 0 Å². The highest BCUT2D eigenvalue weighted by Gasteiger charge is 1.99. The van der Waals surface area contributed by atoms with Crippen LogP contribution in [0.1, 0.15) is 142 Å². The molecule has 26 heavy (non-hydrogen) atoms. The third-order valence-corrected chi connectivity index (χ3v) is 5.78. The molecule has 0 rings (SSSR count). The summed E-state index contributed by atoms with van der Waals surface area (Å²) in [5, 5.41) is 8.57. The van der Waals surface area contributed by atoms with Gasteiger partial charge in [-0.05, 0) is 12.3 Å². The zero-order valence-corrected chi connectivity index (χ0v) is 18.1. The Kier molecular flexibility index (Phi) is 20.4. The number of carboxylic acid groups (broad SMARTS) is 1. The van der Waals surface area contributed by atoms with Crippen LogP contribution >= 0.6 is 0 Å². The lowest BCUT2D eigenvalue weighted by Crippen LogP contribution is -1.93. The first kappa shape index (κ1) is 25.5. The van der Waals surface area contributed by atoms with Crippen LogP contribution in [0.15, 0.2) is 0 Å². The smallest absolute Gasteiger partial charge is 0.303 e. The van der Waals surface area contributed by atoms with Crippen LogP contribution in [0, 0.1) is 5.92 Å². The molecule has 0 amide bonds. The molecule has 0 radical (unpaired) electrons. The lowest BCUT2D eigenvalue weighted by molar-refractivity contribution is -0.137. The van der Waals surface area contributed by atoms with Crippen LogP contribution in [-0.4, -0.2) is 11.1 Å². The standard InChI is InChI=1S/C24H48O2/c1-3-23(2)21-19-17-15-13-11-9-7-5-4-6-8-10-12-14-16-18-20-22-24(25)26/h23H,3-22H2,1-2H3,(H,25,26)/t23-/m1/s1. The van der Waals surface area contributed by atoms with Crippen molar-refractivity contribution < 1.29 is 9.90 Å². The van der Waals surface area contributed by atoms with Gasteiger partial charge in [-0.15, -0.1) is 0 Å². The fourth-order valence-corrected chi connectivity index (χ4v) is 3.62. The van der Waals surface area contributed by atoms with E-state index in [-0.39, 0.29) is 0 Å². The Morgan fingerprint density at radius 1 is 0.615 bits per heavy atom. The van der Waals surface area contributed by atoms with Crippen molar-refractivity contribution in [1.29, 1.82) is 0 Å². The maximum Gasteiger partial charge on any atom is 0.303 e. The maximum atomic E-state index is 10.4. The monoisotopic (exact) mass is 368 g/mol. The van der Waals surface area contributed by atoms with E-state index in [1.807, 2.05) is 0 Å². The third kappa shape index (κ3) is 21.5. The molecule has 0 aromatic carbocycles. The van der Waals surface area contributed by atoms with Crippen LogP contribution in [-0.2, 0) is 4.79 Å². The maximum absolute atomic E-state index is 10.4. The second-order valence-corrected chi connectivity index (χ2v) is 8.46. The van der Waals surface area contributed by atoms with Gasteiger partial charge in [0, 0.05) is 6.42 Å². The lowest BCUT2D eigenvalue weighted by Gasteiger charge is -2.07. The summed E-state index contributed by atoms with van der Waals surface area (Å²) in [6, 6.07) is 0. The fourth-order valence-electron chi connectivity index (χ4n) is 3.62. The van der Waals surface area contributed by atoms with E-state index in [0.717, 1.165) is 18.8 Å². The Labute approximate surface area is 164 Å². The van der Waals surface area contributed by atoms with Crippen molar-refractivity contribution in [3.8, 4) is 0 Å². The molecule has 0 spiro atoms. The van der Waals surface area contributed by atoms with E-state index in [0.29, 0.717) is 6.42 Å². The van der Waals surface area contributed by atoms with Gasteiger partial charge in [-0.3, -0.25) is 4.79 Å².